The fraction of sp³-hybridized carbons (Fsp3) is 0.435. The van der Waals surface area contributed by atoms with Crippen LogP contribution in [0.5, 0.6) is 0 Å². The zero-order chi connectivity index (χ0) is 24.4. The van der Waals surface area contributed by atoms with Crippen LogP contribution in [-0.2, 0) is 24.1 Å². The van der Waals surface area contributed by atoms with Crippen molar-refractivity contribution in [3.8, 4) is 0 Å². The van der Waals surface area contributed by atoms with E-state index in [1.54, 1.807) is 18.0 Å². The van der Waals surface area contributed by atoms with Crippen molar-refractivity contribution < 1.29 is 22.4 Å². The standard InChI is InChI=1S/C23H24F4N6O/c1-12(14-5-15(23(25,26)27)7-16(28)6-14)30-20-17-9-32(21(34)22(11-24)3-4-22)10-18(17)33-13(2)29-8-19(33)31-20/h5-8,12H,3-4,9-11,28H2,1-2H3,(H,30,31)/t12-/m1/s1. The lowest BCUT2D eigenvalue weighted by molar-refractivity contribution is -0.138. The molecule has 0 unspecified atom stereocenters. The normalized spacial score (nSPS) is 17.6. The number of hydrogen-bond donors (Lipinski definition) is 2. The molecular weight excluding hydrogens is 452 g/mol. The lowest BCUT2D eigenvalue weighted by Gasteiger charge is -2.21. The molecule has 180 valence electrons. The maximum atomic E-state index is 13.5. The van der Waals surface area contributed by atoms with E-state index in [1.807, 2.05) is 11.3 Å². The Kier molecular flexibility index (Phi) is 4.99. The fourth-order valence-electron chi connectivity index (χ4n) is 4.59. The molecule has 5 rings (SSSR count). The molecule has 0 spiro atoms. The Hall–Kier alpha value is -3.37. The first-order valence-corrected chi connectivity index (χ1v) is 11.0. The SMILES string of the molecule is Cc1ncc2nc(N[C@H](C)c3cc(N)cc(C(F)(F)F)c3)c3c(n12)CN(C(=O)C1(CF)CC1)C3. The predicted octanol–water partition coefficient (Wildman–Crippen LogP) is 4.40. The largest absolute Gasteiger partial charge is 0.416 e. The lowest BCUT2D eigenvalue weighted by Crippen LogP contribution is -2.34. The van der Waals surface area contributed by atoms with Crippen LogP contribution in [0.2, 0.25) is 0 Å². The van der Waals surface area contributed by atoms with E-state index in [4.69, 9.17) is 5.73 Å². The van der Waals surface area contributed by atoms with Gasteiger partial charge in [-0.3, -0.25) is 9.20 Å². The topological polar surface area (TPSA) is 88.5 Å². The zero-order valence-corrected chi connectivity index (χ0v) is 18.7. The van der Waals surface area contributed by atoms with Crippen LogP contribution in [0.3, 0.4) is 0 Å². The van der Waals surface area contributed by atoms with Gasteiger partial charge in [0.1, 0.15) is 18.3 Å². The molecule has 1 aliphatic heterocycles. The molecule has 11 heteroatoms. The Morgan fingerprint density at radius 1 is 1.26 bits per heavy atom. The minimum atomic E-state index is -4.52. The number of carbonyl (C=O) groups excluding carboxylic acids is 1. The predicted molar refractivity (Wildman–Crippen MR) is 118 cm³/mol. The Bertz CT molecular complexity index is 1300. The summed E-state index contributed by atoms with van der Waals surface area (Å²) in [5.74, 6) is 0.929. The van der Waals surface area contributed by atoms with Gasteiger partial charge in [-0.15, -0.1) is 0 Å². The van der Waals surface area contributed by atoms with Crippen LogP contribution in [-0.4, -0.2) is 31.9 Å². The Morgan fingerprint density at radius 3 is 2.65 bits per heavy atom. The molecule has 1 fully saturated rings. The summed E-state index contributed by atoms with van der Waals surface area (Å²) in [7, 11) is 0. The molecule has 34 heavy (non-hydrogen) atoms. The highest BCUT2D eigenvalue weighted by molar-refractivity contribution is 5.86. The van der Waals surface area contributed by atoms with E-state index in [2.05, 4.69) is 15.3 Å². The second kappa shape index (κ2) is 7.57. The van der Waals surface area contributed by atoms with Crippen molar-refractivity contribution in [2.45, 2.75) is 52.0 Å². The number of benzene rings is 1. The Morgan fingerprint density at radius 2 is 2.00 bits per heavy atom. The van der Waals surface area contributed by atoms with Crippen molar-refractivity contribution in [1.29, 1.82) is 0 Å². The zero-order valence-electron chi connectivity index (χ0n) is 18.7. The summed E-state index contributed by atoms with van der Waals surface area (Å²) in [5.41, 5.74) is 6.45. The van der Waals surface area contributed by atoms with Gasteiger partial charge in [0.2, 0.25) is 5.91 Å². The second-order valence-electron chi connectivity index (χ2n) is 9.21. The van der Waals surface area contributed by atoms with Crippen LogP contribution >= 0.6 is 0 Å². The number of halogens is 4. The van der Waals surface area contributed by atoms with Crippen molar-refractivity contribution in [3.63, 3.8) is 0 Å². The van der Waals surface area contributed by atoms with E-state index in [1.165, 1.54) is 6.07 Å². The number of carbonyl (C=O) groups is 1. The van der Waals surface area contributed by atoms with Crippen molar-refractivity contribution >= 4 is 23.1 Å². The molecule has 3 N–H and O–H groups in total. The number of aryl methyl sites for hydroxylation is 1. The first-order valence-electron chi connectivity index (χ1n) is 11.0. The van der Waals surface area contributed by atoms with E-state index in [9.17, 15) is 22.4 Å². The number of alkyl halides is 4. The lowest BCUT2D eigenvalue weighted by atomic mass is 10.0. The molecule has 0 saturated heterocycles. The molecule has 1 amide bonds. The van der Waals surface area contributed by atoms with Crippen LogP contribution < -0.4 is 11.1 Å². The molecule has 2 aromatic heterocycles. The van der Waals surface area contributed by atoms with Crippen molar-refractivity contribution in [3.05, 3.63) is 52.6 Å². The van der Waals surface area contributed by atoms with Crippen LogP contribution in [0, 0.1) is 12.3 Å². The summed E-state index contributed by atoms with van der Waals surface area (Å²) >= 11 is 0. The Labute approximate surface area is 193 Å². The molecule has 3 aromatic rings. The number of amides is 1. The quantitative estimate of drug-likeness (QED) is 0.421. The summed E-state index contributed by atoms with van der Waals surface area (Å²) in [6.45, 7) is 3.37. The third-order valence-corrected chi connectivity index (χ3v) is 6.75. The number of hydrogen-bond acceptors (Lipinski definition) is 5. The number of nitrogen functional groups attached to an aromatic ring is 1. The molecule has 0 radical (unpaired) electrons. The monoisotopic (exact) mass is 476 g/mol. The maximum absolute atomic E-state index is 13.5. The van der Waals surface area contributed by atoms with Gasteiger partial charge in [0.25, 0.3) is 0 Å². The Balaban J connectivity index is 1.51. The number of anilines is 2. The van der Waals surface area contributed by atoms with E-state index >= 15 is 0 Å². The highest BCUT2D eigenvalue weighted by Crippen LogP contribution is 2.49. The first kappa shape index (κ1) is 22.4. The number of fused-ring (bicyclic) bond motifs is 3. The fourth-order valence-corrected chi connectivity index (χ4v) is 4.59. The van der Waals surface area contributed by atoms with Gasteiger partial charge in [-0.1, -0.05) is 0 Å². The average molecular weight is 476 g/mol. The molecule has 2 aliphatic rings. The summed E-state index contributed by atoms with van der Waals surface area (Å²) in [6, 6.07) is 2.89. The molecule has 0 bridgehead atoms. The number of aromatic nitrogens is 3. The van der Waals surface area contributed by atoms with Gasteiger partial charge < -0.3 is 16.0 Å². The van der Waals surface area contributed by atoms with Gasteiger partial charge in [0, 0.05) is 11.3 Å². The molecule has 1 atom stereocenters. The number of nitrogens with one attached hydrogen (secondary N) is 1. The number of imidazole rings is 1. The average Bonchev–Trinajstić information content (AvgIpc) is 3.32. The highest BCUT2D eigenvalue weighted by Gasteiger charge is 2.53. The first-order chi connectivity index (χ1) is 16.0. The van der Waals surface area contributed by atoms with Crippen molar-refractivity contribution in [1.82, 2.24) is 19.3 Å². The van der Waals surface area contributed by atoms with Crippen molar-refractivity contribution in [2.75, 3.05) is 17.7 Å². The van der Waals surface area contributed by atoms with Gasteiger partial charge in [0.15, 0.2) is 5.65 Å². The summed E-state index contributed by atoms with van der Waals surface area (Å²) in [5, 5.41) is 3.21. The van der Waals surface area contributed by atoms with Crippen molar-refractivity contribution in [2.24, 2.45) is 5.41 Å². The number of rotatable bonds is 5. The van der Waals surface area contributed by atoms with Gasteiger partial charge in [-0.05, 0) is 50.5 Å². The van der Waals surface area contributed by atoms with E-state index in [0.717, 1.165) is 23.4 Å². The van der Waals surface area contributed by atoms with Crippen LogP contribution in [0.1, 0.15) is 54.0 Å². The molecule has 3 heterocycles. The smallest absolute Gasteiger partial charge is 0.399 e. The molecule has 1 saturated carbocycles. The van der Waals surface area contributed by atoms with Gasteiger partial charge in [-0.2, -0.15) is 13.2 Å². The summed E-state index contributed by atoms with van der Waals surface area (Å²) in [6.07, 6.45) is -1.85. The summed E-state index contributed by atoms with van der Waals surface area (Å²) < 4.78 is 55.2. The third kappa shape index (κ3) is 3.63. The van der Waals surface area contributed by atoms with Gasteiger partial charge >= 0.3 is 6.18 Å². The minimum absolute atomic E-state index is 0.0104. The highest BCUT2D eigenvalue weighted by atomic mass is 19.4. The number of nitrogens with two attached hydrogens (primary N) is 1. The van der Waals surface area contributed by atoms with E-state index in [-0.39, 0.29) is 24.7 Å². The van der Waals surface area contributed by atoms with Gasteiger partial charge in [-0.25, -0.2) is 14.4 Å². The second-order valence-corrected chi connectivity index (χ2v) is 9.21. The number of nitrogens with zero attached hydrogens (tertiary/aromatic N) is 4. The van der Waals surface area contributed by atoms with E-state index < -0.39 is 29.9 Å². The maximum Gasteiger partial charge on any atom is 0.416 e. The van der Waals surface area contributed by atoms with Gasteiger partial charge in [0.05, 0.1) is 42.0 Å². The molecule has 1 aromatic carbocycles. The summed E-state index contributed by atoms with van der Waals surface area (Å²) in [4.78, 5) is 23.6. The molecule has 7 nitrogen and oxygen atoms in total. The van der Waals surface area contributed by atoms with E-state index in [0.29, 0.717) is 35.7 Å². The van der Waals surface area contributed by atoms with Crippen LogP contribution in [0.25, 0.3) is 5.65 Å². The van der Waals surface area contributed by atoms with Crippen LogP contribution in [0.15, 0.2) is 24.4 Å². The molecule has 1 aliphatic carbocycles. The minimum Gasteiger partial charge on any atom is -0.399 e. The third-order valence-electron chi connectivity index (χ3n) is 6.75. The van der Waals surface area contributed by atoms with Crippen LogP contribution in [0.4, 0.5) is 29.1 Å². The molecular formula is C23H24F4N6O.